The van der Waals surface area contributed by atoms with Gasteiger partial charge in [0.25, 0.3) is 0 Å². The Labute approximate surface area is 158 Å². The predicted molar refractivity (Wildman–Crippen MR) is 101 cm³/mol. The monoisotopic (exact) mass is 459 g/mol. The molecule has 4 nitrogen and oxygen atoms in total. The van der Waals surface area contributed by atoms with Crippen molar-refractivity contribution in [3.8, 4) is 0 Å². The van der Waals surface area contributed by atoms with Crippen LogP contribution in [0.25, 0.3) is 0 Å². The fraction of sp³-hybridized carbons (Fsp3) is 0.562. The minimum absolute atomic E-state index is 0. The number of rotatable bonds is 7. The minimum atomic E-state index is -4.33. The molecule has 0 aromatic heterocycles. The van der Waals surface area contributed by atoms with Gasteiger partial charge in [-0.25, -0.2) is 0 Å². The summed E-state index contributed by atoms with van der Waals surface area (Å²) in [5.41, 5.74) is -0.100. The van der Waals surface area contributed by atoms with Gasteiger partial charge in [-0.1, -0.05) is 12.1 Å². The second kappa shape index (κ2) is 11.5. The van der Waals surface area contributed by atoms with E-state index >= 15 is 0 Å². The highest BCUT2D eigenvalue weighted by Crippen LogP contribution is 2.29. The van der Waals surface area contributed by atoms with Crippen LogP contribution in [0.15, 0.2) is 29.3 Å². The van der Waals surface area contributed by atoms with Crippen LogP contribution >= 0.6 is 24.0 Å². The molecule has 0 aliphatic carbocycles. The number of aliphatic imine (C=N–C) groups is 1. The molecule has 2 N–H and O–H groups in total. The van der Waals surface area contributed by atoms with E-state index in [1.807, 2.05) is 13.8 Å². The summed E-state index contributed by atoms with van der Waals surface area (Å²) in [6.45, 7) is 5.54. The molecule has 0 spiro atoms. The molecule has 1 aromatic carbocycles. The normalized spacial score (nSPS) is 12.0. The summed E-state index contributed by atoms with van der Waals surface area (Å²) in [5.74, 6) is 0.548. The van der Waals surface area contributed by atoms with Crippen molar-refractivity contribution in [3.05, 3.63) is 35.4 Å². The van der Waals surface area contributed by atoms with Gasteiger partial charge in [0.1, 0.15) is 0 Å². The summed E-state index contributed by atoms with van der Waals surface area (Å²) >= 11 is 0. The van der Waals surface area contributed by atoms with Crippen molar-refractivity contribution in [2.24, 2.45) is 4.99 Å². The number of hydrogen-bond donors (Lipinski definition) is 2. The SMILES string of the molecule is CN=C(NCCCOC(C)C)NCc1cccc(C(F)(F)F)c1.I. The molecule has 0 amide bonds. The Hall–Kier alpha value is -1.03. The maximum Gasteiger partial charge on any atom is 0.416 e. The third-order valence-corrected chi connectivity index (χ3v) is 3.00. The van der Waals surface area contributed by atoms with Gasteiger partial charge >= 0.3 is 6.18 Å². The van der Waals surface area contributed by atoms with Crippen LogP contribution in [0, 0.1) is 0 Å². The molecule has 0 aliphatic heterocycles. The first kappa shape index (κ1) is 23.0. The van der Waals surface area contributed by atoms with Crippen molar-refractivity contribution in [2.45, 2.75) is 39.1 Å². The quantitative estimate of drug-likeness (QED) is 0.282. The van der Waals surface area contributed by atoms with Crippen LogP contribution in [0.5, 0.6) is 0 Å². The summed E-state index contributed by atoms with van der Waals surface area (Å²) in [7, 11) is 1.62. The second-order valence-corrected chi connectivity index (χ2v) is 5.32. The third kappa shape index (κ3) is 9.31. The fourth-order valence-corrected chi connectivity index (χ4v) is 1.86. The van der Waals surface area contributed by atoms with Crippen molar-refractivity contribution in [3.63, 3.8) is 0 Å². The standard InChI is InChI=1S/C16H24F3N3O.HI/c1-12(2)23-9-5-8-21-15(20-3)22-11-13-6-4-7-14(10-13)16(17,18)19;/h4,6-7,10,12H,5,8-9,11H2,1-3H3,(H2,20,21,22);1H. The lowest BCUT2D eigenvalue weighted by atomic mass is 10.1. The Bertz CT molecular complexity index is 508. The molecule has 0 radical (unpaired) electrons. The summed E-state index contributed by atoms with van der Waals surface area (Å²) in [6.07, 6.45) is -3.30. The summed E-state index contributed by atoms with van der Waals surface area (Å²) in [4.78, 5) is 4.04. The minimum Gasteiger partial charge on any atom is -0.379 e. The first-order valence-electron chi connectivity index (χ1n) is 7.55. The molecular formula is C16H25F3IN3O. The average molecular weight is 459 g/mol. The van der Waals surface area contributed by atoms with E-state index in [-0.39, 0.29) is 36.6 Å². The lowest BCUT2D eigenvalue weighted by Gasteiger charge is -2.13. The smallest absolute Gasteiger partial charge is 0.379 e. The molecule has 8 heteroatoms. The third-order valence-electron chi connectivity index (χ3n) is 3.00. The number of hydrogen-bond acceptors (Lipinski definition) is 2. The number of nitrogens with one attached hydrogen (secondary N) is 2. The van der Waals surface area contributed by atoms with Gasteiger partial charge in [-0.3, -0.25) is 4.99 Å². The van der Waals surface area contributed by atoms with E-state index in [1.54, 1.807) is 13.1 Å². The number of alkyl halides is 3. The van der Waals surface area contributed by atoms with E-state index in [9.17, 15) is 13.2 Å². The molecule has 24 heavy (non-hydrogen) atoms. The maximum atomic E-state index is 12.7. The van der Waals surface area contributed by atoms with Crippen molar-refractivity contribution in [2.75, 3.05) is 20.2 Å². The van der Waals surface area contributed by atoms with E-state index in [0.29, 0.717) is 24.7 Å². The van der Waals surface area contributed by atoms with Crippen LogP contribution in [0.1, 0.15) is 31.4 Å². The molecule has 1 rings (SSSR count). The van der Waals surface area contributed by atoms with E-state index in [2.05, 4.69) is 15.6 Å². The number of benzene rings is 1. The number of halogens is 4. The average Bonchev–Trinajstić information content (AvgIpc) is 2.49. The van der Waals surface area contributed by atoms with Crippen molar-refractivity contribution < 1.29 is 17.9 Å². The van der Waals surface area contributed by atoms with Gasteiger partial charge in [0.05, 0.1) is 11.7 Å². The second-order valence-electron chi connectivity index (χ2n) is 5.32. The molecule has 0 fully saturated rings. The number of ether oxygens (including phenoxy) is 1. The maximum absolute atomic E-state index is 12.7. The Morgan fingerprint density at radius 2 is 1.96 bits per heavy atom. The van der Waals surface area contributed by atoms with E-state index in [0.717, 1.165) is 18.6 Å². The molecule has 0 unspecified atom stereocenters. The zero-order chi connectivity index (χ0) is 17.3. The molecule has 0 saturated carbocycles. The van der Waals surface area contributed by atoms with Crippen LogP contribution < -0.4 is 10.6 Å². The molecule has 1 aromatic rings. The van der Waals surface area contributed by atoms with Gasteiger partial charge in [-0.15, -0.1) is 24.0 Å². The van der Waals surface area contributed by atoms with E-state index in [4.69, 9.17) is 4.74 Å². The van der Waals surface area contributed by atoms with Crippen LogP contribution in [0.4, 0.5) is 13.2 Å². The largest absolute Gasteiger partial charge is 0.416 e. The number of nitrogens with zero attached hydrogens (tertiary/aromatic N) is 1. The molecular weight excluding hydrogens is 434 g/mol. The van der Waals surface area contributed by atoms with Crippen LogP contribution in [-0.4, -0.2) is 32.3 Å². The van der Waals surface area contributed by atoms with Gasteiger partial charge in [0.2, 0.25) is 0 Å². The van der Waals surface area contributed by atoms with Crippen molar-refractivity contribution in [1.82, 2.24) is 10.6 Å². The molecule has 0 atom stereocenters. The van der Waals surface area contributed by atoms with Crippen molar-refractivity contribution >= 4 is 29.9 Å². The zero-order valence-electron chi connectivity index (χ0n) is 14.1. The van der Waals surface area contributed by atoms with Gasteiger partial charge in [0.15, 0.2) is 5.96 Å². The summed E-state index contributed by atoms with van der Waals surface area (Å²) in [6, 6.07) is 5.24. The summed E-state index contributed by atoms with van der Waals surface area (Å²) < 4.78 is 43.4. The molecule has 0 heterocycles. The van der Waals surface area contributed by atoms with Gasteiger partial charge in [-0.2, -0.15) is 13.2 Å². The lowest BCUT2D eigenvalue weighted by Crippen LogP contribution is -2.37. The Balaban J connectivity index is 0.00000529. The number of guanidine groups is 1. The fourth-order valence-electron chi connectivity index (χ4n) is 1.86. The van der Waals surface area contributed by atoms with Gasteiger partial charge in [0, 0.05) is 26.7 Å². The first-order valence-corrected chi connectivity index (χ1v) is 7.55. The van der Waals surface area contributed by atoms with Gasteiger partial charge < -0.3 is 15.4 Å². The van der Waals surface area contributed by atoms with E-state index < -0.39 is 11.7 Å². The Morgan fingerprint density at radius 1 is 1.25 bits per heavy atom. The Kier molecular flexibility index (Phi) is 11.0. The van der Waals surface area contributed by atoms with Crippen LogP contribution in [0.3, 0.4) is 0 Å². The predicted octanol–water partition coefficient (Wildman–Crippen LogP) is 3.80. The highest BCUT2D eigenvalue weighted by atomic mass is 127. The molecule has 0 bridgehead atoms. The Morgan fingerprint density at radius 3 is 2.54 bits per heavy atom. The summed E-state index contributed by atoms with van der Waals surface area (Å²) in [5, 5.41) is 6.09. The lowest BCUT2D eigenvalue weighted by molar-refractivity contribution is -0.137. The topological polar surface area (TPSA) is 45.7 Å². The van der Waals surface area contributed by atoms with Crippen molar-refractivity contribution in [1.29, 1.82) is 0 Å². The molecule has 0 aliphatic rings. The van der Waals surface area contributed by atoms with Gasteiger partial charge in [-0.05, 0) is 38.0 Å². The molecule has 0 saturated heterocycles. The first-order chi connectivity index (χ1) is 10.8. The van der Waals surface area contributed by atoms with Crippen LogP contribution in [-0.2, 0) is 17.5 Å². The highest BCUT2D eigenvalue weighted by Gasteiger charge is 2.30. The molecule has 138 valence electrons. The van der Waals surface area contributed by atoms with Crippen LogP contribution in [0.2, 0.25) is 0 Å². The zero-order valence-corrected chi connectivity index (χ0v) is 16.4. The highest BCUT2D eigenvalue weighted by molar-refractivity contribution is 14.0. The van der Waals surface area contributed by atoms with E-state index in [1.165, 1.54) is 6.07 Å².